The van der Waals surface area contributed by atoms with E-state index in [1.54, 1.807) is 4.90 Å². The normalized spacial score (nSPS) is 15.0. The first-order chi connectivity index (χ1) is 10.1. The van der Waals surface area contributed by atoms with Gasteiger partial charge in [0.25, 0.3) is 0 Å². The van der Waals surface area contributed by atoms with Crippen LogP contribution in [0.1, 0.15) is 13.8 Å². The number of carbonyl (C=O) groups excluding carboxylic acids is 2. The number of rotatable bonds is 4. The average molecular weight is 290 g/mol. The Balaban J connectivity index is 1.90. The number of urea groups is 1. The molecular weight excluding hydrogens is 268 g/mol. The summed E-state index contributed by atoms with van der Waals surface area (Å²) < 4.78 is 0. The van der Waals surface area contributed by atoms with E-state index < -0.39 is 0 Å². The summed E-state index contributed by atoms with van der Waals surface area (Å²) >= 11 is 0. The number of nitrogens with zero attached hydrogens (tertiary/aromatic N) is 2. The van der Waals surface area contributed by atoms with Crippen molar-refractivity contribution in [3.63, 3.8) is 0 Å². The van der Waals surface area contributed by atoms with Gasteiger partial charge in [-0.25, -0.2) is 4.79 Å². The van der Waals surface area contributed by atoms with E-state index in [1.165, 1.54) is 0 Å². The maximum absolute atomic E-state index is 11.6. The van der Waals surface area contributed by atoms with E-state index in [9.17, 15) is 9.59 Å². The maximum atomic E-state index is 11.6. The Morgan fingerprint density at radius 3 is 2.29 bits per heavy atom. The zero-order valence-electron chi connectivity index (χ0n) is 12.5. The predicted octanol–water partition coefficient (Wildman–Crippen LogP) is 1.49. The smallest absolute Gasteiger partial charge is 0.319 e. The lowest BCUT2D eigenvalue weighted by Gasteiger charge is -2.34. The molecule has 1 fully saturated rings. The van der Waals surface area contributed by atoms with E-state index in [-0.39, 0.29) is 12.1 Å². The number of carbonyl (C=O) groups is 2. The van der Waals surface area contributed by atoms with Gasteiger partial charge in [-0.1, -0.05) is 0 Å². The van der Waals surface area contributed by atoms with Gasteiger partial charge in [-0.15, -0.1) is 0 Å². The number of hydrogen-bond donors (Lipinski definition) is 2. The predicted molar refractivity (Wildman–Crippen MR) is 83.6 cm³/mol. The van der Waals surface area contributed by atoms with Crippen LogP contribution < -0.4 is 15.5 Å². The SMILES string of the molecule is CC(C)NC(=O)Nc1ccc(N2CCN(C=O)CC2)cc1. The molecule has 114 valence electrons. The van der Waals surface area contributed by atoms with Gasteiger partial charge in [0.05, 0.1) is 0 Å². The van der Waals surface area contributed by atoms with E-state index in [1.807, 2.05) is 38.1 Å². The highest BCUT2D eigenvalue weighted by molar-refractivity contribution is 5.89. The summed E-state index contributed by atoms with van der Waals surface area (Å²) in [4.78, 5) is 26.3. The summed E-state index contributed by atoms with van der Waals surface area (Å²) in [5.74, 6) is 0. The van der Waals surface area contributed by atoms with Gasteiger partial charge in [0, 0.05) is 43.6 Å². The van der Waals surface area contributed by atoms with Crippen LogP contribution in [0.25, 0.3) is 0 Å². The molecule has 21 heavy (non-hydrogen) atoms. The molecule has 0 atom stereocenters. The molecule has 1 aliphatic heterocycles. The number of hydrogen-bond acceptors (Lipinski definition) is 3. The zero-order valence-corrected chi connectivity index (χ0v) is 12.5. The average Bonchev–Trinajstić information content (AvgIpc) is 2.47. The molecule has 2 rings (SSSR count). The van der Waals surface area contributed by atoms with Crippen molar-refractivity contribution in [1.82, 2.24) is 10.2 Å². The number of benzene rings is 1. The van der Waals surface area contributed by atoms with E-state index in [0.717, 1.165) is 44.0 Å². The molecular formula is C15H22N4O2. The largest absolute Gasteiger partial charge is 0.368 e. The van der Waals surface area contributed by atoms with Crippen molar-refractivity contribution in [2.45, 2.75) is 19.9 Å². The van der Waals surface area contributed by atoms with Crippen LogP contribution in [-0.2, 0) is 4.79 Å². The van der Waals surface area contributed by atoms with Gasteiger partial charge in [0.15, 0.2) is 0 Å². The minimum absolute atomic E-state index is 0.110. The lowest BCUT2D eigenvalue weighted by atomic mass is 10.2. The van der Waals surface area contributed by atoms with Crippen molar-refractivity contribution in [2.24, 2.45) is 0 Å². The Bertz CT molecular complexity index is 479. The second kappa shape index (κ2) is 6.97. The highest BCUT2D eigenvalue weighted by Crippen LogP contribution is 2.19. The summed E-state index contributed by atoms with van der Waals surface area (Å²) in [6, 6.07) is 7.67. The number of nitrogens with one attached hydrogen (secondary N) is 2. The second-order valence-corrected chi connectivity index (χ2v) is 5.43. The molecule has 0 saturated carbocycles. The van der Waals surface area contributed by atoms with Gasteiger partial charge in [0.1, 0.15) is 0 Å². The third-order valence-corrected chi connectivity index (χ3v) is 3.37. The van der Waals surface area contributed by atoms with Crippen LogP contribution in [0, 0.1) is 0 Å². The first-order valence-electron chi connectivity index (χ1n) is 7.20. The number of amides is 3. The minimum Gasteiger partial charge on any atom is -0.368 e. The molecule has 0 aromatic heterocycles. The van der Waals surface area contributed by atoms with Crippen molar-refractivity contribution in [2.75, 3.05) is 36.4 Å². The van der Waals surface area contributed by atoms with Gasteiger partial charge in [-0.2, -0.15) is 0 Å². The van der Waals surface area contributed by atoms with E-state index in [0.29, 0.717) is 0 Å². The van der Waals surface area contributed by atoms with E-state index in [2.05, 4.69) is 15.5 Å². The molecule has 0 radical (unpaired) electrons. The van der Waals surface area contributed by atoms with Crippen LogP contribution in [0.3, 0.4) is 0 Å². The van der Waals surface area contributed by atoms with Crippen LogP contribution >= 0.6 is 0 Å². The first kappa shape index (κ1) is 15.2. The van der Waals surface area contributed by atoms with Crippen LogP contribution in [0.15, 0.2) is 24.3 Å². The van der Waals surface area contributed by atoms with Gasteiger partial charge >= 0.3 is 6.03 Å². The third kappa shape index (κ3) is 4.37. The highest BCUT2D eigenvalue weighted by Gasteiger charge is 2.15. The first-order valence-corrected chi connectivity index (χ1v) is 7.20. The van der Waals surface area contributed by atoms with Crippen molar-refractivity contribution in [3.05, 3.63) is 24.3 Å². The summed E-state index contributed by atoms with van der Waals surface area (Å²) in [5, 5.41) is 5.58. The molecule has 0 unspecified atom stereocenters. The van der Waals surface area contributed by atoms with Crippen LogP contribution in [0.2, 0.25) is 0 Å². The van der Waals surface area contributed by atoms with E-state index >= 15 is 0 Å². The summed E-state index contributed by atoms with van der Waals surface area (Å²) in [7, 11) is 0. The Hall–Kier alpha value is -2.24. The van der Waals surface area contributed by atoms with Crippen molar-refractivity contribution in [3.8, 4) is 0 Å². The van der Waals surface area contributed by atoms with Crippen molar-refractivity contribution in [1.29, 1.82) is 0 Å². The standard InChI is InChI=1S/C15H22N4O2/c1-12(2)16-15(21)17-13-3-5-14(6-4-13)19-9-7-18(11-20)8-10-19/h3-6,11-12H,7-10H2,1-2H3,(H2,16,17,21). The fourth-order valence-corrected chi connectivity index (χ4v) is 2.27. The Morgan fingerprint density at radius 2 is 1.76 bits per heavy atom. The fourth-order valence-electron chi connectivity index (χ4n) is 2.27. The maximum Gasteiger partial charge on any atom is 0.319 e. The summed E-state index contributed by atoms with van der Waals surface area (Å²) in [6.07, 6.45) is 0.900. The zero-order chi connectivity index (χ0) is 15.2. The lowest BCUT2D eigenvalue weighted by Crippen LogP contribution is -2.45. The molecule has 6 heteroatoms. The third-order valence-electron chi connectivity index (χ3n) is 3.37. The van der Waals surface area contributed by atoms with Crippen molar-refractivity contribution >= 4 is 23.8 Å². The number of piperazine rings is 1. The summed E-state index contributed by atoms with van der Waals surface area (Å²) in [6.45, 7) is 7.00. The molecule has 1 aromatic rings. The highest BCUT2D eigenvalue weighted by atomic mass is 16.2. The molecule has 1 aliphatic rings. The van der Waals surface area contributed by atoms with Crippen molar-refractivity contribution < 1.29 is 9.59 Å². The lowest BCUT2D eigenvalue weighted by molar-refractivity contribution is -0.118. The number of anilines is 2. The molecule has 0 bridgehead atoms. The van der Waals surface area contributed by atoms with Gasteiger partial charge < -0.3 is 20.4 Å². The minimum atomic E-state index is -0.197. The Kier molecular flexibility index (Phi) is 5.03. The molecule has 3 amide bonds. The quantitative estimate of drug-likeness (QED) is 0.826. The molecule has 0 spiro atoms. The fraction of sp³-hybridized carbons (Fsp3) is 0.467. The van der Waals surface area contributed by atoms with Gasteiger partial charge in [-0.3, -0.25) is 4.79 Å². The molecule has 1 heterocycles. The second-order valence-electron chi connectivity index (χ2n) is 5.43. The molecule has 2 N–H and O–H groups in total. The van der Waals surface area contributed by atoms with Crippen LogP contribution in [0.4, 0.5) is 16.2 Å². The monoisotopic (exact) mass is 290 g/mol. The molecule has 1 saturated heterocycles. The molecule has 6 nitrogen and oxygen atoms in total. The van der Waals surface area contributed by atoms with E-state index in [4.69, 9.17) is 0 Å². The van der Waals surface area contributed by atoms with Gasteiger partial charge in [-0.05, 0) is 38.1 Å². The van der Waals surface area contributed by atoms with Crippen LogP contribution in [0.5, 0.6) is 0 Å². The molecule has 0 aliphatic carbocycles. The van der Waals surface area contributed by atoms with Gasteiger partial charge in [0.2, 0.25) is 6.41 Å². The Labute approximate surface area is 125 Å². The topological polar surface area (TPSA) is 64.7 Å². The molecule has 1 aromatic carbocycles. The Morgan fingerprint density at radius 1 is 1.14 bits per heavy atom. The van der Waals surface area contributed by atoms with Crippen LogP contribution in [-0.4, -0.2) is 49.6 Å². The summed E-state index contributed by atoms with van der Waals surface area (Å²) in [5.41, 5.74) is 1.87.